The van der Waals surface area contributed by atoms with E-state index in [9.17, 15) is 14.4 Å². The van der Waals surface area contributed by atoms with Crippen LogP contribution in [0.3, 0.4) is 0 Å². The lowest BCUT2D eigenvalue weighted by Crippen LogP contribution is -2.44. The minimum absolute atomic E-state index is 0.171. The van der Waals surface area contributed by atoms with Gasteiger partial charge in [-0.1, -0.05) is 19.4 Å². The highest BCUT2D eigenvalue weighted by Crippen LogP contribution is 2.34. The van der Waals surface area contributed by atoms with Gasteiger partial charge in [0.2, 0.25) is 5.91 Å². The standard InChI is InChI=1S/C23H30N2O5S/c1-3-5-13-30-18-10-9-17(14-19(18)29-4-2)15-20-22(27)25(23(28)31-20)16-21(26)24-11-7-6-8-12-24/h9-10,14-15H,3-8,11-13,16H2,1-2H3/b20-15-. The third-order valence-corrected chi connectivity index (χ3v) is 6.10. The fourth-order valence-corrected chi connectivity index (χ4v) is 4.33. The quantitative estimate of drug-likeness (QED) is 0.416. The highest BCUT2D eigenvalue weighted by Gasteiger charge is 2.37. The molecular weight excluding hydrogens is 416 g/mol. The number of likely N-dealkylation sites (tertiary alicyclic amines) is 1. The Hall–Kier alpha value is -2.48. The number of piperidine rings is 1. The predicted molar refractivity (Wildman–Crippen MR) is 121 cm³/mol. The molecule has 0 unspecified atom stereocenters. The first-order valence-electron chi connectivity index (χ1n) is 11.0. The summed E-state index contributed by atoms with van der Waals surface area (Å²) in [6.45, 7) is 6.28. The van der Waals surface area contributed by atoms with E-state index in [4.69, 9.17) is 9.47 Å². The van der Waals surface area contributed by atoms with E-state index in [-0.39, 0.29) is 12.5 Å². The number of hydrogen-bond donors (Lipinski definition) is 0. The van der Waals surface area contributed by atoms with Crippen molar-refractivity contribution in [2.75, 3.05) is 32.8 Å². The monoisotopic (exact) mass is 446 g/mol. The van der Waals surface area contributed by atoms with Gasteiger partial charge in [0, 0.05) is 13.1 Å². The summed E-state index contributed by atoms with van der Waals surface area (Å²) in [5.74, 6) is 0.664. The molecule has 168 valence electrons. The number of benzene rings is 1. The molecule has 0 bridgehead atoms. The van der Waals surface area contributed by atoms with Crippen molar-refractivity contribution in [3.63, 3.8) is 0 Å². The van der Waals surface area contributed by atoms with Crippen molar-refractivity contribution in [2.45, 2.75) is 46.0 Å². The molecule has 2 aliphatic rings. The van der Waals surface area contributed by atoms with Crippen molar-refractivity contribution in [1.82, 2.24) is 9.80 Å². The van der Waals surface area contributed by atoms with Gasteiger partial charge in [-0.25, -0.2) is 0 Å². The molecule has 1 aromatic carbocycles. The molecule has 0 radical (unpaired) electrons. The van der Waals surface area contributed by atoms with Crippen LogP contribution in [0.2, 0.25) is 0 Å². The van der Waals surface area contributed by atoms with E-state index in [1.165, 1.54) is 0 Å². The van der Waals surface area contributed by atoms with Crippen molar-refractivity contribution >= 4 is 34.9 Å². The van der Waals surface area contributed by atoms with E-state index in [2.05, 4.69) is 6.92 Å². The average molecular weight is 447 g/mol. The van der Waals surface area contributed by atoms with Crippen LogP contribution in [0.25, 0.3) is 6.08 Å². The Balaban J connectivity index is 1.71. The molecule has 31 heavy (non-hydrogen) atoms. The topological polar surface area (TPSA) is 76.2 Å². The van der Waals surface area contributed by atoms with Gasteiger partial charge in [0.15, 0.2) is 11.5 Å². The number of thioether (sulfide) groups is 1. The molecule has 2 aliphatic heterocycles. The van der Waals surface area contributed by atoms with E-state index in [1.807, 2.05) is 19.1 Å². The van der Waals surface area contributed by atoms with Gasteiger partial charge >= 0.3 is 0 Å². The Bertz CT molecular complexity index is 848. The number of unbranched alkanes of at least 4 members (excludes halogenated alkanes) is 1. The molecular formula is C23H30N2O5S. The maximum absolute atomic E-state index is 12.8. The second-order valence-electron chi connectivity index (χ2n) is 7.55. The number of rotatable bonds is 9. The lowest BCUT2D eigenvalue weighted by atomic mass is 10.1. The van der Waals surface area contributed by atoms with E-state index in [1.54, 1.807) is 17.0 Å². The van der Waals surface area contributed by atoms with Crippen LogP contribution in [0.1, 0.15) is 51.5 Å². The Labute approximate surface area is 187 Å². The number of nitrogens with zero attached hydrogens (tertiary/aromatic N) is 2. The molecule has 0 atom stereocenters. The van der Waals surface area contributed by atoms with Crippen LogP contribution >= 0.6 is 11.8 Å². The zero-order valence-corrected chi connectivity index (χ0v) is 19.0. The molecule has 2 heterocycles. The fraction of sp³-hybridized carbons (Fsp3) is 0.522. The zero-order valence-electron chi connectivity index (χ0n) is 18.2. The normalized spacial score (nSPS) is 18.1. The first-order valence-corrected chi connectivity index (χ1v) is 11.8. The summed E-state index contributed by atoms with van der Waals surface area (Å²) in [5.41, 5.74) is 0.735. The molecule has 3 amide bonds. The molecule has 3 rings (SSSR count). The highest BCUT2D eigenvalue weighted by molar-refractivity contribution is 8.18. The van der Waals surface area contributed by atoms with Gasteiger partial charge < -0.3 is 14.4 Å². The van der Waals surface area contributed by atoms with Crippen molar-refractivity contribution in [1.29, 1.82) is 0 Å². The van der Waals surface area contributed by atoms with E-state index >= 15 is 0 Å². The van der Waals surface area contributed by atoms with Crippen LogP contribution in [-0.2, 0) is 9.59 Å². The summed E-state index contributed by atoms with van der Waals surface area (Å²) >= 11 is 0.861. The number of hydrogen-bond acceptors (Lipinski definition) is 6. The van der Waals surface area contributed by atoms with Gasteiger partial charge in [-0.15, -0.1) is 0 Å². The molecule has 2 fully saturated rings. The lowest BCUT2D eigenvalue weighted by molar-refractivity contribution is -0.136. The second kappa shape index (κ2) is 11.2. The molecule has 2 saturated heterocycles. The largest absolute Gasteiger partial charge is 0.490 e. The van der Waals surface area contributed by atoms with Gasteiger partial charge in [-0.05, 0) is 68.1 Å². The molecule has 0 spiro atoms. The maximum Gasteiger partial charge on any atom is 0.294 e. The van der Waals surface area contributed by atoms with Gasteiger partial charge in [0.05, 0.1) is 18.1 Å². The summed E-state index contributed by atoms with van der Waals surface area (Å²) in [4.78, 5) is 40.7. The lowest BCUT2D eigenvalue weighted by Gasteiger charge is -2.27. The Morgan fingerprint density at radius 1 is 1.10 bits per heavy atom. The summed E-state index contributed by atoms with van der Waals surface area (Å²) in [6, 6.07) is 5.45. The van der Waals surface area contributed by atoms with Crippen molar-refractivity contribution in [3.05, 3.63) is 28.7 Å². The minimum atomic E-state index is -0.429. The Morgan fingerprint density at radius 2 is 1.87 bits per heavy atom. The zero-order chi connectivity index (χ0) is 22.2. The highest BCUT2D eigenvalue weighted by atomic mass is 32.2. The van der Waals surface area contributed by atoms with Crippen LogP contribution in [0.4, 0.5) is 4.79 Å². The van der Waals surface area contributed by atoms with Crippen LogP contribution in [0, 0.1) is 0 Å². The van der Waals surface area contributed by atoms with Crippen LogP contribution < -0.4 is 9.47 Å². The van der Waals surface area contributed by atoms with E-state index in [0.717, 1.165) is 54.3 Å². The smallest absolute Gasteiger partial charge is 0.294 e. The van der Waals surface area contributed by atoms with Crippen LogP contribution in [0.5, 0.6) is 11.5 Å². The number of carbonyl (C=O) groups excluding carboxylic acids is 3. The van der Waals surface area contributed by atoms with E-state index < -0.39 is 11.1 Å². The molecule has 0 N–H and O–H groups in total. The molecule has 1 aromatic rings. The van der Waals surface area contributed by atoms with Crippen LogP contribution in [0.15, 0.2) is 23.1 Å². The molecule has 0 aromatic heterocycles. The summed E-state index contributed by atoms with van der Waals surface area (Å²) in [5, 5.41) is -0.411. The number of amides is 3. The van der Waals surface area contributed by atoms with Gasteiger partial charge in [0.1, 0.15) is 6.54 Å². The SMILES string of the molecule is CCCCOc1ccc(/C=C2\SC(=O)N(CC(=O)N3CCCCC3)C2=O)cc1OCC. The predicted octanol–water partition coefficient (Wildman–Crippen LogP) is 4.31. The minimum Gasteiger partial charge on any atom is -0.490 e. The fourth-order valence-electron chi connectivity index (χ4n) is 3.49. The van der Waals surface area contributed by atoms with Crippen molar-refractivity contribution in [3.8, 4) is 11.5 Å². The molecule has 8 heteroatoms. The van der Waals surface area contributed by atoms with Gasteiger partial charge in [-0.2, -0.15) is 0 Å². The number of imide groups is 1. The van der Waals surface area contributed by atoms with E-state index in [0.29, 0.717) is 42.7 Å². The average Bonchev–Trinajstić information content (AvgIpc) is 3.03. The summed E-state index contributed by atoms with van der Waals surface area (Å²) in [6.07, 6.45) is 6.70. The Morgan fingerprint density at radius 3 is 2.58 bits per heavy atom. The first-order chi connectivity index (χ1) is 15.0. The number of carbonyl (C=O) groups is 3. The number of ether oxygens (including phenoxy) is 2. The maximum atomic E-state index is 12.8. The summed E-state index contributed by atoms with van der Waals surface area (Å²) < 4.78 is 11.5. The van der Waals surface area contributed by atoms with Gasteiger partial charge in [0.25, 0.3) is 11.1 Å². The molecule has 0 saturated carbocycles. The van der Waals surface area contributed by atoms with Crippen molar-refractivity contribution < 1.29 is 23.9 Å². The Kier molecular flexibility index (Phi) is 8.40. The van der Waals surface area contributed by atoms with Crippen molar-refractivity contribution in [2.24, 2.45) is 0 Å². The molecule has 7 nitrogen and oxygen atoms in total. The molecule has 0 aliphatic carbocycles. The first kappa shape index (κ1) is 23.2. The van der Waals surface area contributed by atoms with Gasteiger partial charge in [-0.3, -0.25) is 19.3 Å². The third-order valence-electron chi connectivity index (χ3n) is 5.20. The van der Waals surface area contributed by atoms with Crippen LogP contribution in [-0.4, -0.2) is 59.7 Å². The third kappa shape index (κ3) is 6.03. The second-order valence-corrected chi connectivity index (χ2v) is 8.54. The summed E-state index contributed by atoms with van der Waals surface area (Å²) in [7, 11) is 0.